The van der Waals surface area contributed by atoms with E-state index in [9.17, 15) is 4.79 Å². The third-order valence-corrected chi connectivity index (χ3v) is 3.30. The minimum atomic E-state index is 0.0667. The Labute approximate surface area is 91.4 Å². The van der Waals surface area contributed by atoms with E-state index in [1.165, 1.54) is 0 Å². The van der Waals surface area contributed by atoms with Crippen LogP contribution >= 0.6 is 0 Å². The molecule has 2 aliphatic rings. The molecule has 4 nitrogen and oxygen atoms in total. The number of hydrogen-bond acceptors (Lipinski definition) is 2. The highest BCUT2D eigenvalue weighted by atomic mass is 16.2. The molecule has 0 bridgehead atoms. The normalized spacial score (nSPS) is 25.0. The second-order valence-corrected chi connectivity index (χ2v) is 5.23. The van der Waals surface area contributed by atoms with E-state index in [1.807, 2.05) is 4.90 Å². The van der Waals surface area contributed by atoms with Crippen molar-refractivity contribution in [3.8, 4) is 0 Å². The smallest absolute Gasteiger partial charge is 0.317 e. The molecule has 2 aliphatic heterocycles. The van der Waals surface area contributed by atoms with E-state index in [0.29, 0.717) is 5.92 Å². The van der Waals surface area contributed by atoms with Crippen molar-refractivity contribution in [1.82, 2.24) is 15.5 Å². The number of carbonyl (C=O) groups excluding carboxylic acids is 1. The van der Waals surface area contributed by atoms with Crippen molar-refractivity contribution in [3.05, 3.63) is 0 Å². The van der Waals surface area contributed by atoms with Crippen LogP contribution < -0.4 is 10.6 Å². The molecule has 0 aromatic carbocycles. The highest BCUT2D eigenvalue weighted by molar-refractivity contribution is 5.78. The van der Waals surface area contributed by atoms with Gasteiger partial charge >= 0.3 is 6.03 Å². The predicted molar refractivity (Wildman–Crippen MR) is 59.8 cm³/mol. The van der Waals surface area contributed by atoms with Gasteiger partial charge in [-0.2, -0.15) is 0 Å². The first-order valence-electron chi connectivity index (χ1n) is 5.89. The van der Waals surface area contributed by atoms with Gasteiger partial charge in [-0.25, -0.2) is 4.79 Å². The Bertz CT molecular complexity index is 246. The maximum atomic E-state index is 11.8. The summed E-state index contributed by atoms with van der Waals surface area (Å²) in [5.41, 5.74) is 0.0667. The molecule has 2 fully saturated rings. The van der Waals surface area contributed by atoms with Gasteiger partial charge in [-0.3, -0.25) is 0 Å². The van der Waals surface area contributed by atoms with Crippen molar-refractivity contribution in [2.75, 3.05) is 26.2 Å². The number of rotatable bonds is 2. The first kappa shape index (κ1) is 10.7. The van der Waals surface area contributed by atoms with Crippen molar-refractivity contribution >= 4 is 6.03 Å². The highest BCUT2D eigenvalue weighted by Gasteiger charge is 2.42. The fourth-order valence-electron chi connectivity index (χ4n) is 2.56. The van der Waals surface area contributed by atoms with E-state index in [2.05, 4.69) is 24.5 Å². The molecule has 2 heterocycles. The van der Waals surface area contributed by atoms with Crippen molar-refractivity contribution in [1.29, 1.82) is 0 Å². The van der Waals surface area contributed by atoms with E-state index in [1.54, 1.807) is 0 Å². The average Bonchev–Trinajstić information content (AvgIpc) is 2.43. The van der Waals surface area contributed by atoms with Gasteiger partial charge in [0.25, 0.3) is 0 Å². The highest BCUT2D eigenvalue weighted by Crippen LogP contribution is 2.25. The van der Waals surface area contributed by atoms with E-state index in [0.717, 1.165) is 39.0 Å². The van der Waals surface area contributed by atoms with Crippen LogP contribution in [0.25, 0.3) is 0 Å². The zero-order valence-corrected chi connectivity index (χ0v) is 9.68. The SMILES string of the molecule is CC(C)CN1CC2(CCNCC2)NC1=O. The molecular formula is C11H21N3O. The minimum absolute atomic E-state index is 0.0667. The van der Waals surface area contributed by atoms with Crippen LogP contribution in [0.3, 0.4) is 0 Å². The lowest BCUT2D eigenvalue weighted by Gasteiger charge is -2.33. The lowest BCUT2D eigenvalue weighted by molar-refractivity contribution is 0.210. The van der Waals surface area contributed by atoms with Crippen molar-refractivity contribution < 1.29 is 4.79 Å². The largest absolute Gasteiger partial charge is 0.331 e. The Balaban J connectivity index is 1.98. The summed E-state index contributed by atoms with van der Waals surface area (Å²) in [5.74, 6) is 0.549. The van der Waals surface area contributed by atoms with Gasteiger partial charge in [-0.15, -0.1) is 0 Å². The summed E-state index contributed by atoms with van der Waals surface area (Å²) in [4.78, 5) is 13.7. The van der Waals surface area contributed by atoms with Crippen LogP contribution in [-0.4, -0.2) is 42.6 Å². The van der Waals surface area contributed by atoms with Gasteiger partial charge in [-0.05, 0) is 31.8 Å². The molecule has 2 N–H and O–H groups in total. The molecule has 0 unspecified atom stereocenters. The van der Waals surface area contributed by atoms with Gasteiger partial charge in [0.2, 0.25) is 0 Å². The molecule has 86 valence electrons. The summed E-state index contributed by atoms with van der Waals surface area (Å²) in [6.07, 6.45) is 2.13. The Hall–Kier alpha value is -0.770. The molecular weight excluding hydrogens is 190 g/mol. The van der Waals surface area contributed by atoms with Crippen LogP contribution in [0.4, 0.5) is 4.79 Å². The van der Waals surface area contributed by atoms with E-state index < -0.39 is 0 Å². The lowest BCUT2D eigenvalue weighted by atomic mass is 9.89. The average molecular weight is 211 g/mol. The number of piperidine rings is 1. The molecule has 0 atom stereocenters. The Kier molecular flexibility index (Phi) is 2.87. The first-order valence-corrected chi connectivity index (χ1v) is 5.89. The molecule has 0 aromatic rings. The maximum absolute atomic E-state index is 11.8. The van der Waals surface area contributed by atoms with Crippen molar-refractivity contribution in [2.24, 2.45) is 5.92 Å². The zero-order valence-electron chi connectivity index (χ0n) is 9.68. The lowest BCUT2D eigenvalue weighted by Crippen LogP contribution is -2.51. The van der Waals surface area contributed by atoms with E-state index in [-0.39, 0.29) is 11.6 Å². The molecule has 0 aliphatic carbocycles. The van der Waals surface area contributed by atoms with Crippen LogP contribution in [0.1, 0.15) is 26.7 Å². The molecule has 0 radical (unpaired) electrons. The molecule has 1 spiro atoms. The van der Waals surface area contributed by atoms with E-state index >= 15 is 0 Å². The number of carbonyl (C=O) groups is 1. The predicted octanol–water partition coefficient (Wildman–Crippen LogP) is 0.790. The zero-order chi connectivity index (χ0) is 10.9. The molecule has 4 heteroatoms. The number of nitrogens with one attached hydrogen (secondary N) is 2. The number of nitrogens with zero attached hydrogens (tertiary/aromatic N) is 1. The van der Waals surface area contributed by atoms with Gasteiger partial charge in [0.1, 0.15) is 0 Å². The summed E-state index contributed by atoms with van der Waals surface area (Å²) in [6, 6.07) is 0.130. The topological polar surface area (TPSA) is 44.4 Å². The number of amides is 2. The van der Waals surface area contributed by atoms with Crippen molar-refractivity contribution in [3.63, 3.8) is 0 Å². The second-order valence-electron chi connectivity index (χ2n) is 5.23. The standard InChI is InChI=1S/C11H21N3O/c1-9(2)7-14-8-11(13-10(14)15)3-5-12-6-4-11/h9,12H,3-8H2,1-2H3,(H,13,15). The Morgan fingerprint density at radius 3 is 2.67 bits per heavy atom. The summed E-state index contributed by atoms with van der Waals surface area (Å²) in [5, 5.41) is 6.51. The van der Waals surface area contributed by atoms with Crippen LogP contribution in [-0.2, 0) is 0 Å². The summed E-state index contributed by atoms with van der Waals surface area (Å²) in [7, 11) is 0. The molecule has 2 amide bonds. The fourth-order valence-corrected chi connectivity index (χ4v) is 2.56. The minimum Gasteiger partial charge on any atom is -0.331 e. The quantitative estimate of drug-likeness (QED) is 0.709. The summed E-state index contributed by atoms with van der Waals surface area (Å²) < 4.78 is 0. The van der Waals surface area contributed by atoms with Crippen LogP contribution in [0, 0.1) is 5.92 Å². The van der Waals surface area contributed by atoms with Gasteiger partial charge in [0, 0.05) is 13.1 Å². The molecule has 0 saturated carbocycles. The third kappa shape index (κ3) is 2.25. The van der Waals surface area contributed by atoms with Crippen LogP contribution in [0.15, 0.2) is 0 Å². The Morgan fingerprint density at radius 2 is 2.07 bits per heavy atom. The number of urea groups is 1. The number of hydrogen-bond donors (Lipinski definition) is 2. The van der Waals surface area contributed by atoms with Crippen LogP contribution in [0.5, 0.6) is 0 Å². The molecule has 2 saturated heterocycles. The summed E-state index contributed by atoms with van der Waals surface area (Å²) >= 11 is 0. The maximum Gasteiger partial charge on any atom is 0.317 e. The van der Waals surface area contributed by atoms with E-state index in [4.69, 9.17) is 0 Å². The first-order chi connectivity index (χ1) is 7.11. The van der Waals surface area contributed by atoms with Gasteiger partial charge < -0.3 is 15.5 Å². The third-order valence-electron chi connectivity index (χ3n) is 3.30. The summed E-state index contributed by atoms with van der Waals surface area (Å²) in [6.45, 7) is 8.12. The van der Waals surface area contributed by atoms with Crippen LogP contribution in [0.2, 0.25) is 0 Å². The molecule has 0 aromatic heterocycles. The van der Waals surface area contributed by atoms with Crippen molar-refractivity contribution in [2.45, 2.75) is 32.2 Å². The fraction of sp³-hybridized carbons (Fsp3) is 0.909. The van der Waals surface area contributed by atoms with Gasteiger partial charge in [0.15, 0.2) is 0 Å². The monoisotopic (exact) mass is 211 g/mol. The van der Waals surface area contributed by atoms with Gasteiger partial charge in [-0.1, -0.05) is 13.8 Å². The second kappa shape index (κ2) is 4.00. The Morgan fingerprint density at radius 1 is 1.40 bits per heavy atom. The molecule has 2 rings (SSSR count). The molecule has 15 heavy (non-hydrogen) atoms. The van der Waals surface area contributed by atoms with Gasteiger partial charge in [0.05, 0.1) is 5.54 Å².